The summed E-state index contributed by atoms with van der Waals surface area (Å²) in [6.07, 6.45) is 4.50. The standard InChI is InChI=1S/C12H20N2O3/c1-8(12(16)17)11(15)13-9-4-6-14(7-5-9)10-2-3-10/h8-10H,2-7H2,1H3,(H,13,15)(H,16,17). The van der Waals surface area contributed by atoms with Gasteiger partial charge in [0.1, 0.15) is 5.92 Å². The second-order valence-corrected chi connectivity index (χ2v) is 5.11. The van der Waals surface area contributed by atoms with E-state index in [1.54, 1.807) is 0 Å². The number of nitrogens with one attached hydrogen (secondary N) is 1. The molecule has 0 aromatic carbocycles. The molecule has 1 saturated carbocycles. The highest BCUT2D eigenvalue weighted by Gasteiger charge is 2.32. The highest BCUT2D eigenvalue weighted by Crippen LogP contribution is 2.29. The van der Waals surface area contributed by atoms with E-state index in [-0.39, 0.29) is 11.9 Å². The van der Waals surface area contributed by atoms with Crippen LogP contribution in [0, 0.1) is 5.92 Å². The molecule has 0 spiro atoms. The fraction of sp³-hybridized carbons (Fsp3) is 0.833. The second kappa shape index (κ2) is 5.04. The van der Waals surface area contributed by atoms with Gasteiger partial charge in [0, 0.05) is 25.2 Å². The summed E-state index contributed by atoms with van der Waals surface area (Å²) in [6.45, 7) is 3.48. The zero-order valence-electron chi connectivity index (χ0n) is 10.2. The molecule has 1 aliphatic heterocycles. The summed E-state index contributed by atoms with van der Waals surface area (Å²) in [4.78, 5) is 24.7. The Hall–Kier alpha value is -1.10. The number of hydrogen-bond acceptors (Lipinski definition) is 3. The molecule has 0 aromatic rings. The summed E-state index contributed by atoms with van der Waals surface area (Å²) in [5.41, 5.74) is 0. The van der Waals surface area contributed by atoms with Crippen LogP contribution in [0.15, 0.2) is 0 Å². The van der Waals surface area contributed by atoms with Gasteiger partial charge in [-0.15, -0.1) is 0 Å². The van der Waals surface area contributed by atoms with E-state index < -0.39 is 11.9 Å². The Bertz CT molecular complexity index is 307. The van der Waals surface area contributed by atoms with Gasteiger partial charge < -0.3 is 15.3 Å². The largest absolute Gasteiger partial charge is 0.481 e. The Morgan fingerprint density at radius 2 is 1.82 bits per heavy atom. The lowest BCUT2D eigenvalue weighted by molar-refractivity contribution is -0.146. The SMILES string of the molecule is CC(C(=O)O)C(=O)NC1CCN(C2CC2)CC1. The number of amides is 1. The first kappa shape index (κ1) is 12.4. The van der Waals surface area contributed by atoms with Gasteiger partial charge in [0.25, 0.3) is 0 Å². The maximum absolute atomic E-state index is 11.6. The average Bonchev–Trinajstić information content (AvgIpc) is 3.12. The Morgan fingerprint density at radius 1 is 1.24 bits per heavy atom. The second-order valence-electron chi connectivity index (χ2n) is 5.11. The van der Waals surface area contributed by atoms with E-state index in [0.717, 1.165) is 32.0 Å². The molecule has 96 valence electrons. The topological polar surface area (TPSA) is 69.6 Å². The third-order valence-corrected chi connectivity index (χ3v) is 3.70. The minimum absolute atomic E-state index is 0.152. The molecule has 1 amide bonds. The lowest BCUT2D eigenvalue weighted by Crippen LogP contribution is -2.47. The van der Waals surface area contributed by atoms with Crippen LogP contribution in [0.1, 0.15) is 32.6 Å². The van der Waals surface area contributed by atoms with Crippen molar-refractivity contribution < 1.29 is 14.7 Å². The van der Waals surface area contributed by atoms with Crippen LogP contribution >= 0.6 is 0 Å². The molecule has 0 aromatic heterocycles. The molecule has 2 fully saturated rings. The van der Waals surface area contributed by atoms with Gasteiger partial charge in [-0.1, -0.05) is 0 Å². The third kappa shape index (κ3) is 3.19. The first-order valence-electron chi connectivity index (χ1n) is 6.35. The molecule has 5 heteroatoms. The number of carboxylic acid groups (broad SMARTS) is 1. The normalized spacial score (nSPS) is 24.3. The van der Waals surface area contributed by atoms with E-state index in [9.17, 15) is 9.59 Å². The fourth-order valence-corrected chi connectivity index (χ4v) is 2.29. The molecular weight excluding hydrogens is 220 g/mol. The van der Waals surface area contributed by atoms with E-state index in [1.165, 1.54) is 19.8 Å². The van der Waals surface area contributed by atoms with Crippen molar-refractivity contribution in [3.8, 4) is 0 Å². The number of nitrogens with zero attached hydrogens (tertiary/aromatic N) is 1. The van der Waals surface area contributed by atoms with Crippen molar-refractivity contribution in [2.45, 2.75) is 44.7 Å². The summed E-state index contributed by atoms with van der Waals surface area (Å²) < 4.78 is 0. The molecule has 2 aliphatic rings. The lowest BCUT2D eigenvalue weighted by Gasteiger charge is -2.32. The van der Waals surface area contributed by atoms with Crippen LogP contribution < -0.4 is 5.32 Å². The number of carbonyl (C=O) groups is 2. The summed E-state index contributed by atoms with van der Waals surface area (Å²) >= 11 is 0. The van der Waals surface area contributed by atoms with Crippen molar-refractivity contribution in [2.75, 3.05) is 13.1 Å². The molecule has 5 nitrogen and oxygen atoms in total. The van der Waals surface area contributed by atoms with Crippen molar-refractivity contribution in [2.24, 2.45) is 5.92 Å². The number of rotatable bonds is 4. The van der Waals surface area contributed by atoms with Crippen molar-refractivity contribution in [3.05, 3.63) is 0 Å². The van der Waals surface area contributed by atoms with Gasteiger partial charge in [-0.3, -0.25) is 9.59 Å². The molecule has 2 N–H and O–H groups in total. The minimum Gasteiger partial charge on any atom is -0.481 e. The molecule has 1 atom stereocenters. The van der Waals surface area contributed by atoms with Crippen LogP contribution in [0.4, 0.5) is 0 Å². The van der Waals surface area contributed by atoms with Gasteiger partial charge in [-0.2, -0.15) is 0 Å². The summed E-state index contributed by atoms with van der Waals surface area (Å²) in [5, 5.41) is 11.6. The molecular formula is C12H20N2O3. The van der Waals surface area contributed by atoms with E-state index in [2.05, 4.69) is 10.2 Å². The van der Waals surface area contributed by atoms with Crippen LogP contribution in [0.5, 0.6) is 0 Å². The highest BCUT2D eigenvalue weighted by atomic mass is 16.4. The zero-order valence-corrected chi connectivity index (χ0v) is 10.2. The molecule has 0 bridgehead atoms. The van der Waals surface area contributed by atoms with E-state index in [4.69, 9.17) is 5.11 Å². The van der Waals surface area contributed by atoms with E-state index in [0.29, 0.717) is 0 Å². The average molecular weight is 240 g/mol. The third-order valence-electron chi connectivity index (χ3n) is 3.70. The first-order chi connectivity index (χ1) is 8.08. The Labute approximate surface area is 101 Å². The van der Waals surface area contributed by atoms with Gasteiger partial charge in [-0.25, -0.2) is 0 Å². The van der Waals surface area contributed by atoms with Gasteiger partial charge >= 0.3 is 5.97 Å². The summed E-state index contributed by atoms with van der Waals surface area (Å²) in [6, 6.07) is 0.934. The van der Waals surface area contributed by atoms with Gasteiger partial charge in [0.05, 0.1) is 0 Å². The zero-order chi connectivity index (χ0) is 12.4. The molecule has 0 radical (unpaired) electrons. The van der Waals surface area contributed by atoms with Crippen LogP contribution in [-0.2, 0) is 9.59 Å². The van der Waals surface area contributed by atoms with Crippen molar-refractivity contribution >= 4 is 11.9 Å². The number of carbonyl (C=O) groups excluding carboxylic acids is 1. The molecule has 1 aliphatic carbocycles. The molecule has 1 heterocycles. The maximum atomic E-state index is 11.6. The van der Waals surface area contributed by atoms with Crippen molar-refractivity contribution in [1.29, 1.82) is 0 Å². The minimum atomic E-state index is -1.06. The maximum Gasteiger partial charge on any atom is 0.315 e. The van der Waals surface area contributed by atoms with Crippen LogP contribution in [0.3, 0.4) is 0 Å². The molecule has 2 rings (SSSR count). The summed E-state index contributed by atoms with van der Waals surface area (Å²) in [5.74, 6) is -2.36. The molecule has 1 saturated heterocycles. The fourth-order valence-electron chi connectivity index (χ4n) is 2.29. The van der Waals surface area contributed by atoms with Crippen LogP contribution in [-0.4, -0.2) is 47.1 Å². The molecule has 1 unspecified atom stereocenters. The van der Waals surface area contributed by atoms with E-state index >= 15 is 0 Å². The lowest BCUT2D eigenvalue weighted by atomic mass is 10.0. The van der Waals surface area contributed by atoms with Crippen molar-refractivity contribution in [3.63, 3.8) is 0 Å². The monoisotopic (exact) mass is 240 g/mol. The van der Waals surface area contributed by atoms with Gasteiger partial charge in [0.15, 0.2) is 0 Å². The smallest absolute Gasteiger partial charge is 0.315 e. The van der Waals surface area contributed by atoms with Gasteiger partial charge in [-0.05, 0) is 32.6 Å². The Balaban J connectivity index is 1.73. The number of hydrogen-bond donors (Lipinski definition) is 2. The van der Waals surface area contributed by atoms with Crippen LogP contribution in [0.2, 0.25) is 0 Å². The quantitative estimate of drug-likeness (QED) is 0.700. The first-order valence-corrected chi connectivity index (χ1v) is 6.35. The Morgan fingerprint density at radius 3 is 2.29 bits per heavy atom. The predicted molar refractivity (Wildman–Crippen MR) is 62.6 cm³/mol. The Kier molecular flexibility index (Phi) is 3.66. The number of carboxylic acids is 1. The highest BCUT2D eigenvalue weighted by molar-refractivity contribution is 5.96. The van der Waals surface area contributed by atoms with Crippen molar-refractivity contribution in [1.82, 2.24) is 10.2 Å². The van der Waals surface area contributed by atoms with E-state index in [1.807, 2.05) is 0 Å². The van der Waals surface area contributed by atoms with Gasteiger partial charge in [0.2, 0.25) is 5.91 Å². The number of aliphatic carboxylic acids is 1. The molecule has 17 heavy (non-hydrogen) atoms. The summed E-state index contributed by atoms with van der Waals surface area (Å²) in [7, 11) is 0. The predicted octanol–water partition coefficient (Wildman–Crippen LogP) is 0.450. The van der Waals surface area contributed by atoms with Crippen LogP contribution in [0.25, 0.3) is 0 Å². The number of piperidine rings is 1. The number of likely N-dealkylation sites (tertiary alicyclic amines) is 1.